The zero-order valence-corrected chi connectivity index (χ0v) is 11.3. The van der Waals surface area contributed by atoms with Crippen LogP contribution in [0.15, 0.2) is 29.2 Å². The molecule has 1 fully saturated rings. The molecule has 3 rings (SSSR count). The van der Waals surface area contributed by atoms with Crippen molar-refractivity contribution < 1.29 is 4.74 Å². The first kappa shape index (κ1) is 11.6. The molecular formula is C14H19NOS. The van der Waals surface area contributed by atoms with Crippen LogP contribution >= 0.6 is 11.8 Å². The second kappa shape index (κ2) is 4.01. The molecular weight excluding hydrogens is 230 g/mol. The summed E-state index contributed by atoms with van der Waals surface area (Å²) in [4.78, 5) is 1.42. The zero-order chi connectivity index (χ0) is 11.9. The van der Waals surface area contributed by atoms with Crippen LogP contribution in [0.25, 0.3) is 0 Å². The molecule has 0 aromatic heterocycles. The molecule has 0 spiro atoms. The molecule has 3 heteroatoms. The van der Waals surface area contributed by atoms with Crippen LogP contribution < -0.4 is 5.32 Å². The van der Waals surface area contributed by atoms with Gasteiger partial charge in [-0.15, -0.1) is 11.8 Å². The van der Waals surface area contributed by atoms with Gasteiger partial charge in [-0.3, -0.25) is 0 Å². The highest BCUT2D eigenvalue weighted by Gasteiger charge is 2.56. The van der Waals surface area contributed by atoms with Crippen molar-refractivity contribution in [3.63, 3.8) is 0 Å². The average molecular weight is 249 g/mol. The Morgan fingerprint density at radius 3 is 3.06 bits per heavy atom. The summed E-state index contributed by atoms with van der Waals surface area (Å²) in [5.74, 6) is 0. The Labute approximate surface area is 107 Å². The monoisotopic (exact) mass is 249 g/mol. The molecule has 2 heterocycles. The van der Waals surface area contributed by atoms with Gasteiger partial charge >= 0.3 is 0 Å². The fraction of sp³-hybridized carbons (Fsp3) is 0.571. The molecule has 17 heavy (non-hydrogen) atoms. The minimum Gasteiger partial charge on any atom is -0.383 e. The van der Waals surface area contributed by atoms with Crippen LogP contribution in [0.3, 0.4) is 0 Å². The van der Waals surface area contributed by atoms with E-state index in [1.54, 1.807) is 0 Å². The van der Waals surface area contributed by atoms with Gasteiger partial charge in [0.1, 0.15) is 0 Å². The van der Waals surface area contributed by atoms with Crippen molar-refractivity contribution in [2.75, 3.05) is 20.3 Å². The SMILES string of the molecule is COC[C@]12CCCNC1(C)c1ccccc1S2. The van der Waals surface area contributed by atoms with E-state index in [2.05, 4.69) is 36.5 Å². The quantitative estimate of drug-likeness (QED) is 0.871. The average Bonchev–Trinajstić information content (AvgIpc) is 2.59. The second-order valence-corrected chi connectivity index (χ2v) is 6.61. The lowest BCUT2D eigenvalue weighted by atomic mass is 9.74. The third-order valence-electron chi connectivity index (χ3n) is 4.26. The highest BCUT2D eigenvalue weighted by atomic mass is 32.2. The van der Waals surface area contributed by atoms with Gasteiger partial charge in [-0.25, -0.2) is 0 Å². The second-order valence-electron chi connectivity index (χ2n) is 5.18. The van der Waals surface area contributed by atoms with Crippen molar-refractivity contribution in [1.82, 2.24) is 5.32 Å². The number of fused-ring (bicyclic) bond motifs is 3. The topological polar surface area (TPSA) is 21.3 Å². The highest BCUT2D eigenvalue weighted by molar-refractivity contribution is 8.01. The van der Waals surface area contributed by atoms with E-state index in [9.17, 15) is 0 Å². The van der Waals surface area contributed by atoms with Crippen LogP contribution in [-0.2, 0) is 10.3 Å². The fourth-order valence-electron chi connectivity index (χ4n) is 3.28. The van der Waals surface area contributed by atoms with E-state index >= 15 is 0 Å². The minimum absolute atomic E-state index is 0.0581. The number of ether oxygens (including phenoxy) is 1. The third-order valence-corrected chi connectivity index (χ3v) is 5.95. The smallest absolute Gasteiger partial charge is 0.0661 e. The van der Waals surface area contributed by atoms with Crippen LogP contribution in [0.4, 0.5) is 0 Å². The molecule has 92 valence electrons. The number of nitrogens with one attached hydrogen (secondary N) is 1. The molecule has 2 aliphatic heterocycles. The first-order chi connectivity index (χ1) is 8.22. The van der Waals surface area contributed by atoms with Gasteiger partial charge in [-0.1, -0.05) is 18.2 Å². The summed E-state index contributed by atoms with van der Waals surface area (Å²) in [5.41, 5.74) is 1.50. The minimum atomic E-state index is 0.0581. The van der Waals surface area contributed by atoms with E-state index in [1.165, 1.54) is 23.3 Å². The Balaban J connectivity index is 2.10. The van der Waals surface area contributed by atoms with Gasteiger partial charge in [-0.2, -0.15) is 0 Å². The predicted molar refractivity (Wildman–Crippen MR) is 71.5 cm³/mol. The summed E-state index contributed by atoms with van der Waals surface area (Å²) in [6.07, 6.45) is 2.46. The van der Waals surface area contributed by atoms with Crippen LogP contribution in [-0.4, -0.2) is 25.0 Å². The largest absolute Gasteiger partial charge is 0.383 e. The van der Waals surface area contributed by atoms with E-state index < -0.39 is 0 Å². The molecule has 0 bridgehead atoms. The zero-order valence-electron chi connectivity index (χ0n) is 10.5. The van der Waals surface area contributed by atoms with Crippen molar-refractivity contribution in [2.45, 2.75) is 34.9 Å². The molecule has 1 N–H and O–H groups in total. The summed E-state index contributed by atoms with van der Waals surface area (Å²) in [6.45, 7) is 4.26. The van der Waals surface area contributed by atoms with Crippen molar-refractivity contribution in [3.8, 4) is 0 Å². The third kappa shape index (κ3) is 1.49. The normalized spacial score (nSPS) is 35.4. The Hall–Kier alpha value is -0.510. The standard InChI is InChI=1S/C14H19NOS/c1-13-11-6-3-4-7-12(11)17-14(13,10-16-2)8-5-9-15-13/h3-4,6-7,15H,5,8-10H2,1-2H3/t13?,14-/m1/s1. The summed E-state index contributed by atoms with van der Waals surface area (Å²) in [5, 5.41) is 3.74. The van der Waals surface area contributed by atoms with Gasteiger partial charge in [0.2, 0.25) is 0 Å². The predicted octanol–water partition coefficient (Wildman–Crippen LogP) is 2.78. The van der Waals surface area contributed by atoms with Gasteiger partial charge in [0.25, 0.3) is 0 Å². The summed E-state index contributed by atoms with van der Waals surface area (Å²) in [6, 6.07) is 8.78. The lowest BCUT2D eigenvalue weighted by Gasteiger charge is -2.47. The first-order valence-corrected chi connectivity index (χ1v) is 7.06. The molecule has 2 nitrogen and oxygen atoms in total. The Bertz CT molecular complexity index is 432. The van der Waals surface area contributed by atoms with Gasteiger partial charge in [0.05, 0.1) is 16.9 Å². The Morgan fingerprint density at radius 2 is 2.24 bits per heavy atom. The van der Waals surface area contributed by atoms with Crippen molar-refractivity contribution in [1.29, 1.82) is 0 Å². The molecule has 1 unspecified atom stereocenters. The Morgan fingerprint density at radius 1 is 1.41 bits per heavy atom. The van der Waals surface area contributed by atoms with Crippen LogP contribution in [0.5, 0.6) is 0 Å². The molecule has 1 aromatic carbocycles. The number of hydrogen-bond acceptors (Lipinski definition) is 3. The lowest BCUT2D eigenvalue weighted by molar-refractivity contribution is 0.0968. The van der Waals surface area contributed by atoms with Crippen molar-refractivity contribution in [2.24, 2.45) is 0 Å². The molecule has 0 aliphatic carbocycles. The maximum atomic E-state index is 5.52. The summed E-state index contributed by atoms with van der Waals surface area (Å²) < 4.78 is 5.69. The Kier molecular flexibility index (Phi) is 2.73. The number of hydrogen-bond donors (Lipinski definition) is 1. The molecule has 0 saturated carbocycles. The molecule has 1 aromatic rings. The van der Waals surface area contributed by atoms with Gasteiger partial charge in [0, 0.05) is 12.0 Å². The van der Waals surface area contributed by atoms with Crippen molar-refractivity contribution >= 4 is 11.8 Å². The van der Waals surface area contributed by atoms with E-state index in [-0.39, 0.29) is 10.3 Å². The van der Waals surface area contributed by atoms with E-state index in [0.717, 1.165) is 13.2 Å². The number of thioether (sulfide) groups is 1. The first-order valence-electron chi connectivity index (χ1n) is 6.24. The van der Waals surface area contributed by atoms with E-state index in [0.29, 0.717) is 0 Å². The van der Waals surface area contributed by atoms with Crippen LogP contribution in [0.2, 0.25) is 0 Å². The van der Waals surface area contributed by atoms with Gasteiger partial charge < -0.3 is 10.1 Å². The number of benzene rings is 1. The van der Waals surface area contributed by atoms with Crippen LogP contribution in [0, 0.1) is 0 Å². The van der Waals surface area contributed by atoms with E-state index in [4.69, 9.17) is 4.74 Å². The van der Waals surface area contributed by atoms with Crippen molar-refractivity contribution in [3.05, 3.63) is 29.8 Å². The molecule has 2 atom stereocenters. The lowest BCUT2D eigenvalue weighted by Crippen LogP contribution is -2.59. The molecule has 0 amide bonds. The number of piperidine rings is 1. The molecule has 0 radical (unpaired) electrons. The summed E-state index contributed by atoms with van der Waals surface area (Å²) in [7, 11) is 1.81. The number of rotatable bonds is 2. The number of methoxy groups -OCH3 is 1. The fourth-order valence-corrected chi connectivity index (χ4v) is 5.03. The van der Waals surface area contributed by atoms with E-state index in [1.807, 2.05) is 18.9 Å². The van der Waals surface area contributed by atoms with Gasteiger partial charge in [-0.05, 0) is 37.9 Å². The maximum Gasteiger partial charge on any atom is 0.0661 e. The van der Waals surface area contributed by atoms with Crippen LogP contribution in [0.1, 0.15) is 25.3 Å². The molecule has 1 saturated heterocycles. The molecule has 2 aliphatic rings. The van der Waals surface area contributed by atoms with Gasteiger partial charge in [0.15, 0.2) is 0 Å². The summed E-state index contributed by atoms with van der Waals surface area (Å²) >= 11 is 2.00. The maximum absolute atomic E-state index is 5.52. The highest BCUT2D eigenvalue weighted by Crippen LogP contribution is 2.58.